The van der Waals surface area contributed by atoms with E-state index in [1.807, 2.05) is 12.1 Å². The maximum Gasteiger partial charge on any atom is 0.122 e. The van der Waals surface area contributed by atoms with E-state index in [-0.39, 0.29) is 0 Å². The van der Waals surface area contributed by atoms with Crippen LogP contribution < -0.4 is 4.74 Å². The molecule has 0 aromatic heterocycles. The van der Waals surface area contributed by atoms with Gasteiger partial charge in [0.25, 0.3) is 0 Å². The lowest BCUT2D eigenvalue weighted by molar-refractivity contribution is 0.172. The summed E-state index contributed by atoms with van der Waals surface area (Å²) in [4.78, 5) is 0. The fraction of sp³-hybridized carbons (Fsp3) is 0.500. The molecule has 2 nitrogen and oxygen atoms in total. The van der Waals surface area contributed by atoms with Gasteiger partial charge in [-0.3, -0.25) is 0 Å². The van der Waals surface area contributed by atoms with E-state index in [1.54, 1.807) is 7.11 Å². The van der Waals surface area contributed by atoms with Crippen LogP contribution in [0.25, 0.3) is 0 Å². The molecule has 0 bridgehead atoms. The molecule has 0 radical (unpaired) electrons. The lowest BCUT2D eigenvalue weighted by atomic mass is 10.1. The zero-order chi connectivity index (χ0) is 11.1. The zero-order valence-electron chi connectivity index (χ0n) is 9.25. The summed E-state index contributed by atoms with van der Waals surface area (Å²) in [5.74, 6) is 0.983. The van der Waals surface area contributed by atoms with Crippen LogP contribution >= 0.6 is 15.9 Å². The van der Waals surface area contributed by atoms with Gasteiger partial charge in [0.2, 0.25) is 0 Å². The Morgan fingerprint density at radius 3 is 2.73 bits per heavy atom. The summed E-state index contributed by atoms with van der Waals surface area (Å²) in [5.41, 5.74) is 1.24. The maximum absolute atomic E-state index is 5.68. The van der Waals surface area contributed by atoms with Gasteiger partial charge in [-0.05, 0) is 30.2 Å². The SMILES string of the molecule is CCc1cc(Br)ccc1OCCCOC. The topological polar surface area (TPSA) is 18.5 Å². The summed E-state index contributed by atoms with van der Waals surface area (Å²) >= 11 is 3.45. The summed E-state index contributed by atoms with van der Waals surface area (Å²) < 4.78 is 11.8. The molecular weight excluding hydrogens is 256 g/mol. The Hall–Kier alpha value is -0.540. The van der Waals surface area contributed by atoms with Crippen LogP contribution in [-0.2, 0) is 11.2 Å². The molecule has 0 spiro atoms. The lowest BCUT2D eigenvalue weighted by Gasteiger charge is -2.10. The van der Waals surface area contributed by atoms with Gasteiger partial charge in [0.1, 0.15) is 5.75 Å². The molecule has 0 aliphatic rings. The third kappa shape index (κ3) is 4.22. The maximum atomic E-state index is 5.68. The lowest BCUT2D eigenvalue weighted by Crippen LogP contribution is -2.03. The smallest absolute Gasteiger partial charge is 0.122 e. The molecule has 0 N–H and O–H groups in total. The monoisotopic (exact) mass is 272 g/mol. The summed E-state index contributed by atoms with van der Waals surface area (Å²) in [6, 6.07) is 6.12. The fourth-order valence-electron chi connectivity index (χ4n) is 1.35. The van der Waals surface area contributed by atoms with Gasteiger partial charge < -0.3 is 9.47 Å². The first kappa shape index (κ1) is 12.5. The number of benzene rings is 1. The van der Waals surface area contributed by atoms with Gasteiger partial charge in [0, 0.05) is 24.6 Å². The fourth-order valence-corrected chi connectivity index (χ4v) is 1.76. The van der Waals surface area contributed by atoms with Crippen molar-refractivity contribution in [2.75, 3.05) is 20.3 Å². The third-order valence-electron chi connectivity index (χ3n) is 2.15. The van der Waals surface area contributed by atoms with E-state index in [1.165, 1.54) is 5.56 Å². The molecule has 3 heteroatoms. The van der Waals surface area contributed by atoms with Gasteiger partial charge >= 0.3 is 0 Å². The highest BCUT2D eigenvalue weighted by Gasteiger charge is 2.02. The van der Waals surface area contributed by atoms with E-state index in [9.17, 15) is 0 Å². The van der Waals surface area contributed by atoms with Crippen molar-refractivity contribution in [2.24, 2.45) is 0 Å². The van der Waals surface area contributed by atoms with E-state index >= 15 is 0 Å². The second kappa shape index (κ2) is 6.85. The number of rotatable bonds is 6. The average Bonchev–Trinajstić information content (AvgIpc) is 2.26. The van der Waals surface area contributed by atoms with Crippen LogP contribution in [-0.4, -0.2) is 20.3 Å². The van der Waals surface area contributed by atoms with Crippen molar-refractivity contribution in [3.05, 3.63) is 28.2 Å². The standard InChI is InChI=1S/C12H17BrO2/c1-3-10-9-11(13)5-6-12(10)15-8-4-7-14-2/h5-6,9H,3-4,7-8H2,1-2H3. The molecule has 84 valence electrons. The molecule has 15 heavy (non-hydrogen) atoms. The number of hydrogen-bond donors (Lipinski definition) is 0. The molecular formula is C12H17BrO2. The molecule has 1 aromatic rings. The molecule has 0 amide bonds. The van der Waals surface area contributed by atoms with Crippen molar-refractivity contribution >= 4 is 15.9 Å². The van der Waals surface area contributed by atoms with Crippen molar-refractivity contribution in [1.82, 2.24) is 0 Å². The largest absolute Gasteiger partial charge is 0.493 e. The normalized spacial score (nSPS) is 10.3. The predicted octanol–water partition coefficient (Wildman–Crippen LogP) is 3.43. The molecule has 1 rings (SSSR count). The van der Waals surface area contributed by atoms with Crippen LogP contribution in [0, 0.1) is 0 Å². The Bertz CT molecular complexity index is 300. The Morgan fingerprint density at radius 2 is 2.07 bits per heavy atom. The molecule has 0 fully saturated rings. The van der Waals surface area contributed by atoms with Crippen molar-refractivity contribution in [2.45, 2.75) is 19.8 Å². The van der Waals surface area contributed by atoms with Gasteiger partial charge in [-0.15, -0.1) is 0 Å². The summed E-state index contributed by atoms with van der Waals surface area (Å²) in [7, 11) is 1.71. The molecule has 0 heterocycles. The molecule has 0 saturated heterocycles. The van der Waals surface area contributed by atoms with Crippen molar-refractivity contribution < 1.29 is 9.47 Å². The molecule has 0 aliphatic carbocycles. The van der Waals surface area contributed by atoms with E-state index in [0.717, 1.165) is 29.7 Å². The van der Waals surface area contributed by atoms with Gasteiger partial charge in [-0.25, -0.2) is 0 Å². The van der Waals surface area contributed by atoms with Gasteiger partial charge in [0.15, 0.2) is 0 Å². The van der Waals surface area contributed by atoms with Crippen LogP contribution in [0.3, 0.4) is 0 Å². The zero-order valence-corrected chi connectivity index (χ0v) is 10.8. The van der Waals surface area contributed by atoms with Crippen molar-refractivity contribution in [3.63, 3.8) is 0 Å². The highest BCUT2D eigenvalue weighted by molar-refractivity contribution is 9.10. The minimum absolute atomic E-state index is 0.711. The number of methoxy groups -OCH3 is 1. The van der Waals surface area contributed by atoms with Gasteiger partial charge in [-0.2, -0.15) is 0 Å². The van der Waals surface area contributed by atoms with Crippen molar-refractivity contribution in [3.8, 4) is 5.75 Å². The minimum Gasteiger partial charge on any atom is -0.493 e. The van der Waals surface area contributed by atoms with Gasteiger partial charge in [-0.1, -0.05) is 22.9 Å². The van der Waals surface area contributed by atoms with E-state index in [4.69, 9.17) is 9.47 Å². The van der Waals surface area contributed by atoms with Crippen LogP contribution in [0.5, 0.6) is 5.75 Å². The number of aryl methyl sites for hydroxylation is 1. The molecule has 0 saturated carbocycles. The summed E-state index contributed by atoms with van der Waals surface area (Å²) in [5, 5.41) is 0. The first-order chi connectivity index (χ1) is 7.27. The highest BCUT2D eigenvalue weighted by atomic mass is 79.9. The number of hydrogen-bond acceptors (Lipinski definition) is 2. The molecule has 1 aromatic carbocycles. The number of ether oxygens (including phenoxy) is 2. The highest BCUT2D eigenvalue weighted by Crippen LogP contribution is 2.23. The first-order valence-electron chi connectivity index (χ1n) is 5.18. The van der Waals surface area contributed by atoms with E-state index < -0.39 is 0 Å². The van der Waals surface area contributed by atoms with Crippen LogP contribution in [0.1, 0.15) is 18.9 Å². The quantitative estimate of drug-likeness (QED) is 0.739. The van der Waals surface area contributed by atoms with Crippen LogP contribution in [0.4, 0.5) is 0 Å². The van der Waals surface area contributed by atoms with Gasteiger partial charge in [0.05, 0.1) is 6.61 Å². The van der Waals surface area contributed by atoms with E-state index in [2.05, 4.69) is 28.9 Å². The second-order valence-corrected chi connectivity index (χ2v) is 4.22. The Morgan fingerprint density at radius 1 is 1.27 bits per heavy atom. The van der Waals surface area contributed by atoms with Crippen LogP contribution in [0.15, 0.2) is 22.7 Å². The number of halogens is 1. The van der Waals surface area contributed by atoms with E-state index in [0.29, 0.717) is 6.61 Å². The molecule has 0 aliphatic heterocycles. The minimum atomic E-state index is 0.711. The Kier molecular flexibility index (Phi) is 5.73. The molecule has 0 unspecified atom stereocenters. The molecule has 0 atom stereocenters. The summed E-state index contributed by atoms with van der Waals surface area (Å²) in [6.45, 7) is 3.59. The first-order valence-corrected chi connectivity index (χ1v) is 5.97. The summed E-state index contributed by atoms with van der Waals surface area (Å²) in [6.07, 6.45) is 1.91. The third-order valence-corrected chi connectivity index (χ3v) is 2.65. The Balaban J connectivity index is 2.52. The second-order valence-electron chi connectivity index (χ2n) is 3.30. The predicted molar refractivity (Wildman–Crippen MR) is 65.5 cm³/mol. The average molecular weight is 273 g/mol. The Labute approximate surface area is 99.7 Å². The van der Waals surface area contributed by atoms with Crippen molar-refractivity contribution in [1.29, 1.82) is 0 Å². The van der Waals surface area contributed by atoms with Crippen LogP contribution in [0.2, 0.25) is 0 Å².